The summed E-state index contributed by atoms with van der Waals surface area (Å²) in [5, 5.41) is 29.1. The minimum Gasteiger partial charge on any atom is -0.495 e. The molecular weight excluding hydrogens is 336 g/mol. The zero-order valence-electron chi connectivity index (χ0n) is 15.3. The summed E-state index contributed by atoms with van der Waals surface area (Å²) in [6.07, 6.45) is 6.17. The third-order valence-electron chi connectivity index (χ3n) is 5.00. The normalized spacial score (nSPS) is 31.3. The van der Waals surface area contributed by atoms with E-state index in [0.29, 0.717) is 19.3 Å². The maximum Gasteiger partial charge on any atom is 0.329 e. The monoisotopic (exact) mass is 364 g/mol. The van der Waals surface area contributed by atoms with Crippen molar-refractivity contribution in [3.8, 4) is 11.8 Å². The van der Waals surface area contributed by atoms with Gasteiger partial charge in [0.15, 0.2) is 0 Å². The number of hydrogen-bond acceptors (Lipinski definition) is 5. The number of rotatable bonds is 8. The lowest BCUT2D eigenvalue weighted by Gasteiger charge is -2.17. The van der Waals surface area contributed by atoms with Gasteiger partial charge in [-0.15, -0.1) is 11.8 Å². The molecule has 1 saturated carbocycles. The maximum atomic E-state index is 10.4. The van der Waals surface area contributed by atoms with Crippen molar-refractivity contribution in [1.29, 1.82) is 0 Å². The van der Waals surface area contributed by atoms with Crippen LogP contribution in [0.1, 0.15) is 33.1 Å². The van der Waals surface area contributed by atoms with Gasteiger partial charge in [-0.1, -0.05) is 19.1 Å². The first-order valence-electron chi connectivity index (χ1n) is 9.01. The third kappa shape index (κ3) is 5.60. The van der Waals surface area contributed by atoms with Crippen molar-refractivity contribution >= 4 is 5.97 Å². The van der Waals surface area contributed by atoms with E-state index in [4.69, 9.17) is 14.6 Å². The van der Waals surface area contributed by atoms with E-state index in [2.05, 4.69) is 11.8 Å². The Kier molecular flexibility index (Phi) is 7.70. The first-order chi connectivity index (χ1) is 12.4. The summed E-state index contributed by atoms with van der Waals surface area (Å²) in [4.78, 5) is 10.4. The van der Waals surface area contributed by atoms with Crippen molar-refractivity contribution in [3.63, 3.8) is 0 Å². The molecule has 1 aliphatic heterocycles. The van der Waals surface area contributed by atoms with Gasteiger partial charge < -0.3 is 24.8 Å². The van der Waals surface area contributed by atoms with Gasteiger partial charge in [-0.05, 0) is 18.9 Å². The molecule has 1 heterocycles. The van der Waals surface area contributed by atoms with Gasteiger partial charge in [0.2, 0.25) is 0 Å². The zero-order valence-corrected chi connectivity index (χ0v) is 15.3. The van der Waals surface area contributed by atoms with Crippen molar-refractivity contribution in [2.75, 3.05) is 13.2 Å². The molecule has 2 aliphatic rings. The van der Waals surface area contributed by atoms with Crippen molar-refractivity contribution in [3.05, 3.63) is 24.0 Å². The van der Waals surface area contributed by atoms with Crippen LogP contribution in [0.15, 0.2) is 24.0 Å². The number of allylic oxidation sites excluding steroid dienone is 1. The molecule has 0 bridgehead atoms. The second kappa shape index (κ2) is 9.77. The van der Waals surface area contributed by atoms with Crippen LogP contribution in [-0.4, -0.2) is 52.8 Å². The van der Waals surface area contributed by atoms with Crippen LogP contribution in [0.2, 0.25) is 0 Å². The highest BCUT2D eigenvalue weighted by Crippen LogP contribution is 2.45. The van der Waals surface area contributed by atoms with Gasteiger partial charge in [-0.25, -0.2) is 4.79 Å². The van der Waals surface area contributed by atoms with Gasteiger partial charge in [-0.3, -0.25) is 0 Å². The summed E-state index contributed by atoms with van der Waals surface area (Å²) >= 11 is 0. The Hall–Kier alpha value is -1.81. The number of aliphatic hydroxyl groups excluding tert-OH is 2. The number of carboxylic acids is 1. The quantitative estimate of drug-likeness (QED) is 0.345. The molecule has 2 fully saturated rings. The molecule has 1 aliphatic carbocycles. The van der Waals surface area contributed by atoms with Crippen molar-refractivity contribution in [2.24, 2.45) is 17.8 Å². The minimum absolute atomic E-state index is 0.0368. The van der Waals surface area contributed by atoms with Crippen LogP contribution >= 0.6 is 0 Å². The largest absolute Gasteiger partial charge is 0.495 e. The fraction of sp³-hybridized carbons (Fsp3) is 0.650. The van der Waals surface area contributed by atoms with Crippen LogP contribution in [0.25, 0.3) is 0 Å². The fourth-order valence-electron chi connectivity index (χ4n) is 3.50. The van der Waals surface area contributed by atoms with Crippen LogP contribution in [0.3, 0.4) is 0 Å². The van der Waals surface area contributed by atoms with Crippen LogP contribution in [0, 0.1) is 29.6 Å². The van der Waals surface area contributed by atoms with Crippen molar-refractivity contribution in [1.82, 2.24) is 0 Å². The molecule has 0 aromatic rings. The predicted octanol–water partition coefficient (Wildman–Crippen LogP) is 1.72. The van der Waals surface area contributed by atoms with Crippen molar-refractivity contribution < 1.29 is 29.6 Å². The highest BCUT2D eigenvalue weighted by Gasteiger charge is 2.47. The van der Waals surface area contributed by atoms with Gasteiger partial charge in [0.05, 0.1) is 24.6 Å². The standard InChI is InChI=1S/C20H28O6/c1-3-4-5-13(2)17(21)7-6-15-16-10-14(8-9-25-12-20(23)24)26-19(16)11-18(15)22/h6-8,13,15-19,21-22H,5,9-12H2,1-2H3,(H,23,24)/b7-6+,14-8-/t13?,15-,16+,17-,18-,19+/m1/s1. The van der Waals surface area contributed by atoms with E-state index in [0.717, 1.165) is 5.76 Å². The number of aliphatic hydroxyl groups is 2. The average Bonchev–Trinajstić information content (AvgIpc) is 3.10. The fourth-order valence-corrected chi connectivity index (χ4v) is 3.50. The van der Waals surface area contributed by atoms with Gasteiger partial charge in [0.1, 0.15) is 12.7 Å². The molecule has 0 amide bonds. The van der Waals surface area contributed by atoms with Crippen LogP contribution in [0.4, 0.5) is 0 Å². The number of fused-ring (bicyclic) bond motifs is 1. The SMILES string of the molecule is CC#CCC(C)[C@H](O)/C=C/[C@@H]1[C@@H]2C/C(=C/COCC(=O)O)O[C@H]2C[C@H]1O. The van der Waals surface area contributed by atoms with E-state index >= 15 is 0 Å². The lowest BCUT2D eigenvalue weighted by Crippen LogP contribution is -2.19. The molecule has 2 rings (SSSR count). The van der Waals surface area contributed by atoms with Crippen LogP contribution in [-0.2, 0) is 14.3 Å². The number of carboxylic acid groups (broad SMARTS) is 1. The van der Waals surface area contributed by atoms with Gasteiger partial charge >= 0.3 is 5.97 Å². The molecule has 6 nitrogen and oxygen atoms in total. The molecule has 6 atom stereocenters. The smallest absolute Gasteiger partial charge is 0.329 e. The van der Waals surface area contributed by atoms with Gasteiger partial charge in [0, 0.05) is 31.1 Å². The van der Waals surface area contributed by atoms with Gasteiger partial charge in [0.25, 0.3) is 0 Å². The van der Waals surface area contributed by atoms with Crippen LogP contribution in [0.5, 0.6) is 0 Å². The average molecular weight is 364 g/mol. The Balaban J connectivity index is 1.89. The molecular formula is C20H28O6. The molecule has 1 saturated heterocycles. The Morgan fingerprint density at radius 1 is 1.50 bits per heavy atom. The molecule has 1 unspecified atom stereocenters. The summed E-state index contributed by atoms with van der Waals surface area (Å²) in [5.41, 5.74) is 0. The first-order valence-corrected chi connectivity index (χ1v) is 9.01. The maximum absolute atomic E-state index is 10.4. The van der Waals surface area contributed by atoms with Crippen LogP contribution < -0.4 is 0 Å². The molecule has 0 aromatic carbocycles. The number of hydrogen-bond donors (Lipinski definition) is 3. The van der Waals surface area contributed by atoms with Gasteiger partial charge in [-0.2, -0.15) is 0 Å². The van der Waals surface area contributed by atoms with E-state index in [1.807, 2.05) is 13.0 Å². The van der Waals surface area contributed by atoms with E-state index < -0.39 is 18.2 Å². The summed E-state index contributed by atoms with van der Waals surface area (Å²) in [7, 11) is 0. The lowest BCUT2D eigenvalue weighted by atomic mass is 9.90. The second-order valence-electron chi connectivity index (χ2n) is 6.97. The van der Waals surface area contributed by atoms with E-state index in [-0.39, 0.29) is 37.1 Å². The van der Waals surface area contributed by atoms with E-state index in [1.54, 1.807) is 19.1 Å². The molecule has 0 spiro atoms. The number of aliphatic carboxylic acids is 1. The molecule has 0 radical (unpaired) electrons. The molecule has 26 heavy (non-hydrogen) atoms. The Morgan fingerprint density at radius 2 is 2.27 bits per heavy atom. The highest BCUT2D eigenvalue weighted by molar-refractivity contribution is 5.68. The van der Waals surface area contributed by atoms with E-state index in [1.165, 1.54) is 0 Å². The zero-order chi connectivity index (χ0) is 19.1. The summed E-state index contributed by atoms with van der Waals surface area (Å²) < 4.78 is 10.9. The second-order valence-corrected chi connectivity index (χ2v) is 6.97. The van der Waals surface area contributed by atoms with E-state index in [9.17, 15) is 15.0 Å². The predicted molar refractivity (Wildman–Crippen MR) is 96.0 cm³/mol. The Labute approximate surface area is 154 Å². The Bertz CT molecular complexity index is 599. The topological polar surface area (TPSA) is 96.2 Å². The lowest BCUT2D eigenvalue weighted by molar-refractivity contribution is -0.141. The molecule has 6 heteroatoms. The minimum atomic E-state index is -1.00. The Morgan fingerprint density at radius 3 is 2.96 bits per heavy atom. The number of ether oxygens (including phenoxy) is 2. The van der Waals surface area contributed by atoms with Crippen molar-refractivity contribution in [2.45, 2.75) is 51.4 Å². The summed E-state index contributed by atoms with van der Waals surface area (Å²) in [6.45, 7) is 3.59. The third-order valence-corrected chi connectivity index (χ3v) is 5.00. The molecule has 0 aromatic heterocycles. The molecule has 144 valence electrons. The summed E-state index contributed by atoms with van der Waals surface area (Å²) in [6, 6.07) is 0. The number of carbonyl (C=O) groups is 1. The summed E-state index contributed by atoms with van der Waals surface area (Å²) in [5.74, 6) is 5.71. The first kappa shape index (κ1) is 20.5. The molecule has 3 N–H and O–H groups in total. The highest BCUT2D eigenvalue weighted by atomic mass is 16.5.